The van der Waals surface area contributed by atoms with E-state index in [2.05, 4.69) is 26.0 Å². The summed E-state index contributed by atoms with van der Waals surface area (Å²) in [5.41, 5.74) is 7.80. The molecule has 0 bridgehead atoms. The van der Waals surface area contributed by atoms with Gasteiger partial charge in [-0.25, -0.2) is 0 Å². The number of rotatable bonds is 4. The zero-order chi connectivity index (χ0) is 9.68. The van der Waals surface area contributed by atoms with E-state index in [1.165, 1.54) is 29.1 Å². The van der Waals surface area contributed by atoms with Gasteiger partial charge in [0, 0.05) is 10.6 Å². The highest BCUT2D eigenvalue weighted by Crippen LogP contribution is 2.23. The molecule has 0 aliphatic carbocycles. The van der Waals surface area contributed by atoms with E-state index in [4.69, 9.17) is 5.73 Å². The molecule has 0 aromatic heterocycles. The first-order valence-corrected chi connectivity index (χ1v) is 5.71. The molecule has 0 aliphatic heterocycles. The van der Waals surface area contributed by atoms with Crippen LogP contribution in [0.1, 0.15) is 25.3 Å². The average Bonchev–Trinajstić information content (AvgIpc) is 2.12. The number of unbranched alkanes of at least 4 members (excludes halogenated alkanes) is 1. The Balaban J connectivity index is 2.53. The molecule has 1 aromatic carbocycles. The van der Waals surface area contributed by atoms with Gasteiger partial charge < -0.3 is 5.73 Å². The van der Waals surface area contributed by atoms with Crippen molar-refractivity contribution in [2.24, 2.45) is 0 Å². The van der Waals surface area contributed by atoms with Crippen LogP contribution in [0.25, 0.3) is 0 Å². The van der Waals surface area contributed by atoms with E-state index in [-0.39, 0.29) is 0 Å². The Bertz CT molecular complexity index is 271. The summed E-state index contributed by atoms with van der Waals surface area (Å²) in [5, 5.41) is 0. The van der Waals surface area contributed by atoms with E-state index in [1.54, 1.807) is 0 Å². The number of benzene rings is 1. The second-order valence-corrected chi connectivity index (χ2v) is 4.39. The summed E-state index contributed by atoms with van der Waals surface area (Å²) in [4.78, 5) is 1.33. The summed E-state index contributed by atoms with van der Waals surface area (Å²) >= 11 is 1.91. The van der Waals surface area contributed by atoms with Crippen LogP contribution in [0.4, 0.5) is 5.69 Å². The van der Waals surface area contributed by atoms with Crippen LogP contribution >= 0.6 is 11.8 Å². The van der Waals surface area contributed by atoms with Crippen molar-refractivity contribution in [1.29, 1.82) is 0 Å². The van der Waals surface area contributed by atoms with Gasteiger partial charge in [0.1, 0.15) is 0 Å². The monoisotopic (exact) mass is 195 g/mol. The van der Waals surface area contributed by atoms with Crippen molar-refractivity contribution >= 4 is 17.4 Å². The second-order valence-electron chi connectivity index (χ2n) is 3.22. The minimum atomic E-state index is 0.889. The van der Waals surface area contributed by atoms with Gasteiger partial charge in [0.05, 0.1) is 0 Å². The summed E-state index contributed by atoms with van der Waals surface area (Å²) in [6.45, 7) is 4.27. The predicted octanol–water partition coefficient (Wildman–Crippen LogP) is 3.47. The molecule has 0 aliphatic rings. The largest absolute Gasteiger partial charge is 0.399 e. The first kappa shape index (κ1) is 10.5. The maximum atomic E-state index is 5.73. The van der Waals surface area contributed by atoms with Gasteiger partial charge in [0.25, 0.3) is 0 Å². The van der Waals surface area contributed by atoms with Gasteiger partial charge in [-0.1, -0.05) is 13.3 Å². The van der Waals surface area contributed by atoms with Crippen LogP contribution in [-0.2, 0) is 0 Å². The third-order valence-electron chi connectivity index (χ3n) is 2.01. The molecule has 0 unspecified atom stereocenters. The lowest BCUT2D eigenvalue weighted by Crippen LogP contribution is -1.89. The lowest BCUT2D eigenvalue weighted by Gasteiger charge is -2.03. The van der Waals surface area contributed by atoms with E-state index >= 15 is 0 Å². The fourth-order valence-corrected chi connectivity index (χ4v) is 2.17. The van der Waals surface area contributed by atoms with Crippen LogP contribution < -0.4 is 5.73 Å². The minimum absolute atomic E-state index is 0.889. The van der Waals surface area contributed by atoms with Gasteiger partial charge in [0.2, 0.25) is 0 Å². The number of anilines is 1. The van der Waals surface area contributed by atoms with Gasteiger partial charge >= 0.3 is 0 Å². The number of thioether (sulfide) groups is 1. The second kappa shape index (κ2) is 5.18. The molecule has 2 N–H and O–H groups in total. The third-order valence-corrected chi connectivity index (χ3v) is 3.09. The molecule has 0 radical (unpaired) electrons. The number of aryl methyl sites for hydroxylation is 1. The Morgan fingerprint density at radius 3 is 2.77 bits per heavy atom. The van der Waals surface area contributed by atoms with E-state index in [0.29, 0.717) is 0 Å². The van der Waals surface area contributed by atoms with E-state index in [0.717, 1.165) is 5.69 Å². The molecule has 2 heteroatoms. The molecule has 0 saturated heterocycles. The van der Waals surface area contributed by atoms with Gasteiger partial charge in [-0.05, 0) is 42.9 Å². The van der Waals surface area contributed by atoms with E-state index in [9.17, 15) is 0 Å². The predicted molar refractivity (Wildman–Crippen MR) is 61.2 cm³/mol. The number of nitrogens with two attached hydrogens (primary N) is 1. The van der Waals surface area contributed by atoms with Gasteiger partial charge in [-0.3, -0.25) is 0 Å². The Kier molecular flexibility index (Phi) is 4.16. The van der Waals surface area contributed by atoms with Crippen molar-refractivity contribution in [3.63, 3.8) is 0 Å². The summed E-state index contributed by atoms with van der Waals surface area (Å²) in [7, 11) is 0. The standard InChI is InChI=1S/C11H17NS/c1-3-4-7-13-10-5-6-11(12)9(2)8-10/h5-6,8H,3-4,7,12H2,1-2H3. The van der Waals surface area contributed by atoms with Crippen LogP contribution in [0.3, 0.4) is 0 Å². The molecule has 0 atom stereocenters. The van der Waals surface area contributed by atoms with Crippen LogP contribution in [0.15, 0.2) is 23.1 Å². The zero-order valence-electron chi connectivity index (χ0n) is 8.34. The van der Waals surface area contributed by atoms with Crippen molar-refractivity contribution in [3.05, 3.63) is 23.8 Å². The summed E-state index contributed by atoms with van der Waals surface area (Å²) in [5.74, 6) is 1.21. The van der Waals surface area contributed by atoms with Crippen molar-refractivity contribution < 1.29 is 0 Å². The minimum Gasteiger partial charge on any atom is -0.399 e. The highest BCUT2D eigenvalue weighted by molar-refractivity contribution is 7.99. The number of hydrogen-bond donors (Lipinski definition) is 1. The molecule has 0 saturated carbocycles. The van der Waals surface area contributed by atoms with E-state index < -0.39 is 0 Å². The van der Waals surface area contributed by atoms with Crippen LogP contribution in [0.5, 0.6) is 0 Å². The maximum Gasteiger partial charge on any atom is 0.0344 e. The molecule has 72 valence electrons. The first-order valence-electron chi connectivity index (χ1n) is 4.73. The Morgan fingerprint density at radius 1 is 1.38 bits per heavy atom. The first-order chi connectivity index (χ1) is 6.24. The average molecular weight is 195 g/mol. The molecule has 0 spiro atoms. The molecule has 1 rings (SSSR count). The molecule has 0 heterocycles. The van der Waals surface area contributed by atoms with Crippen molar-refractivity contribution in [1.82, 2.24) is 0 Å². The van der Waals surface area contributed by atoms with E-state index in [1.807, 2.05) is 17.8 Å². The maximum absolute atomic E-state index is 5.73. The highest BCUT2D eigenvalue weighted by Gasteiger charge is 1.96. The quantitative estimate of drug-likeness (QED) is 0.452. The molecular formula is C11H17NS. The number of nitrogen functional groups attached to an aromatic ring is 1. The zero-order valence-corrected chi connectivity index (χ0v) is 9.16. The summed E-state index contributed by atoms with van der Waals surface area (Å²) in [6, 6.07) is 6.25. The highest BCUT2D eigenvalue weighted by atomic mass is 32.2. The Hall–Kier alpha value is -0.630. The van der Waals surface area contributed by atoms with Gasteiger partial charge in [-0.15, -0.1) is 11.8 Å². The lowest BCUT2D eigenvalue weighted by molar-refractivity contribution is 0.896. The molecule has 1 aromatic rings. The summed E-state index contributed by atoms with van der Waals surface area (Å²) in [6.07, 6.45) is 2.55. The Morgan fingerprint density at radius 2 is 2.15 bits per heavy atom. The van der Waals surface area contributed by atoms with Gasteiger partial charge in [0.15, 0.2) is 0 Å². The third kappa shape index (κ3) is 3.31. The number of hydrogen-bond acceptors (Lipinski definition) is 2. The lowest BCUT2D eigenvalue weighted by atomic mass is 10.2. The van der Waals surface area contributed by atoms with Gasteiger partial charge in [-0.2, -0.15) is 0 Å². The molecule has 13 heavy (non-hydrogen) atoms. The van der Waals surface area contributed by atoms with Crippen LogP contribution in [-0.4, -0.2) is 5.75 Å². The molecule has 0 amide bonds. The Labute approximate surface area is 84.7 Å². The SMILES string of the molecule is CCCCSc1ccc(N)c(C)c1. The molecule has 1 nitrogen and oxygen atoms in total. The molecule has 0 fully saturated rings. The molecular weight excluding hydrogens is 178 g/mol. The fraction of sp³-hybridized carbons (Fsp3) is 0.455. The van der Waals surface area contributed by atoms with Crippen LogP contribution in [0, 0.1) is 6.92 Å². The fourth-order valence-electron chi connectivity index (χ4n) is 1.07. The van der Waals surface area contributed by atoms with Crippen LogP contribution in [0.2, 0.25) is 0 Å². The van der Waals surface area contributed by atoms with Crippen molar-refractivity contribution in [3.8, 4) is 0 Å². The summed E-state index contributed by atoms with van der Waals surface area (Å²) < 4.78 is 0. The van der Waals surface area contributed by atoms with Crippen molar-refractivity contribution in [2.75, 3.05) is 11.5 Å². The topological polar surface area (TPSA) is 26.0 Å². The smallest absolute Gasteiger partial charge is 0.0344 e. The van der Waals surface area contributed by atoms with Crippen molar-refractivity contribution in [2.45, 2.75) is 31.6 Å². The normalized spacial score (nSPS) is 10.3.